The van der Waals surface area contributed by atoms with Crippen molar-refractivity contribution in [3.05, 3.63) is 72.7 Å². The molecule has 0 saturated carbocycles. The van der Waals surface area contributed by atoms with Crippen molar-refractivity contribution in [1.29, 1.82) is 0 Å². The molecule has 0 unspecified atom stereocenters. The Hall–Kier alpha value is -1.62. The van der Waals surface area contributed by atoms with Gasteiger partial charge in [0, 0.05) is 0 Å². The molecule has 0 spiro atoms. The molecule has 0 amide bonds. The molecule has 0 aliphatic carbocycles. The number of halogens is 6. The van der Waals surface area contributed by atoms with E-state index in [1.807, 2.05) is 91.7 Å². The van der Waals surface area contributed by atoms with Crippen LogP contribution in [0.3, 0.4) is 0 Å². The second-order valence-corrected chi connectivity index (χ2v) is 41.0. The van der Waals surface area contributed by atoms with Gasteiger partial charge in [0.05, 0.1) is 0 Å². The zero-order chi connectivity index (χ0) is 39.4. The van der Waals surface area contributed by atoms with Crippen LogP contribution in [-0.2, 0) is 24.7 Å². The van der Waals surface area contributed by atoms with Crippen LogP contribution < -0.4 is 19.8 Å². The van der Waals surface area contributed by atoms with E-state index < -0.39 is 83.6 Å². The van der Waals surface area contributed by atoms with Crippen molar-refractivity contribution in [1.82, 2.24) is 0 Å². The van der Waals surface area contributed by atoms with Gasteiger partial charge in [0.2, 0.25) is 16.6 Å². The highest BCUT2D eigenvalue weighted by Gasteiger charge is 2.48. The van der Waals surface area contributed by atoms with Crippen molar-refractivity contribution in [2.45, 2.75) is 91.7 Å². The van der Waals surface area contributed by atoms with Gasteiger partial charge in [-0.15, -0.1) is 0 Å². The van der Waals surface area contributed by atoms with Gasteiger partial charge in [-0.05, 0) is 126 Å². The summed E-state index contributed by atoms with van der Waals surface area (Å²) in [4.78, 5) is 0. The van der Waals surface area contributed by atoms with Crippen molar-refractivity contribution < 1.29 is 60.5 Å². The molecule has 2 aromatic rings. The molecule has 8 nitrogen and oxygen atoms in total. The molecule has 0 bridgehead atoms. The second kappa shape index (κ2) is 16.8. The first kappa shape index (κ1) is 45.5. The van der Waals surface area contributed by atoms with E-state index in [4.69, 9.17) is 24.7 Å². The van der Waals surface area contributed by atoms with E-state index in [2.05, 4.69) is 9.47 Å². The number of ether oxygens (including phenoxy) is 2. The summed E-state index contributed by atoms with van der Waals surface area (Å²) in [6.07, 6.45) is -5.06. The van der Waals surface area contributed by atoms with Gasteiger partial charge in [0.1, 0.15) is 11.5 Å². The minimum Gasteiger partial charge on any atom is -0.433 e. The zero-order valence-corrected chi connectivity index (χ0v) is 38.7. The standard InChI is InChI=1S/C30H50F6O8Si7/c1-45(2,25-19-15-23(16-20-25)37-29(35)27(31)32)39-47(5,6)41-49(9,10)43-51(13,14)44-50(11,12)42-48(7,8)40-46(3,4)26-21-17-24(18-22-26)38-30(36)28(33)34/h15-22H,1-14H3. The monoisotopic (exact) mass is 848 g/mol. The molecule has 0 atom stereocenters. The minimum atomic E-state index is -2.85. The van der Waals surface area contributed by atoms with Crippen LogP contribution in [-0.4, -0.2) is 59.4 Å². The van der Waals surface area contributed by atoms with Gasteiger partial charge < -0.3 is 34.2 Å². The number of hydrogen-bond donors (Lipinski definition) is 0. The van der Waals surface area contributed by atoms with Crippen LogP contribution in [0.15, 0.2) is 72.7 Å². The van der Waals surface area contributed by atoms with Crippen LogP contribution in [0.1, 0.15) is 0 Å². The van der Waals surface area contributed by atoms with Gasteiger partial charge in [0.15, 0.2) is 0 Å². The molecule has 2 aromatic carbocycles. The van der Waals surface area contributed by atoms with Crippen molar-refractivity contribution in [2.75, 3.05) is 0 Å². The molecule has 0 N–H and O–H groups in total. The Bertz CT molecular complexity index is 1430. The fraction of sp³-hybridized carbons (Fsp3) is 0.467. The van der Waals surface area contributed by atoms with Crippen molar-refractivity contribution in [3.8, 4) is 11.5 Å². The van der Waals surface area contributed by atoms with Crippen LogP contribution in [0.5, 0.6) is 11.5 Å². The lowest BCUT2D eigenvalue weighted by Gasteiger charge is -2.44. The molecule has 0 aliphatic heterocycles. The summed E-state index contributed by atoms with van der Waals surface area (Å²) in [5.74, 6) is -0.113. The summed E-state index contributed by atoms with van der Waals surface area (Å²) in [5, 5.41) is 1.69. The Morgan fingerprint density at radius 1 is 0.353 bits per heavy atom. The first-order chi connectivity index (χ1) is 22.8. The third kappa shape index (κ3) is 15.3. The summed E-state index contributed by atoms with van der Waals surface area (Å²) in [5.41, 5.74) is 0. The van der Waals surface area contributed by atoms with Crippen LogP contribution in [0, 0.1) is 0 Å². The van der Waals surface area contributed by atoms with E-state index in [1.165, 1.54) is 24.3 Å². The lowest BCUT2D eigenvalue weighted by molar-refractivity contribution is 0.241. The highest BCUT2D eigenvalue weighted by atomic mass is 28.5. The molecule has 0 heterocycles. The molecule has 288 valence electrons. The summed E-state index contributed by atoms with van der Waals surface area (Å²) >= 11 is 0. The first-order valence-electron chi connectivity index (χ1n) is 16.0. The van der Waals surface area contributed by atoms with Gasteiger partial charge in [-0.25, -0.2) is 0 Å². The molecule has 0 aliphatic rings. The summed E-state index contributed by atoms with van der Waals surface area (Å²) in [6.45, 7) is 27.4. The second-order valence-electron chi connectivity index (χ2n) is 15.0. The average molecular weight is 849 g/mol. The normalized spacial score (nSPS) is 13.6. The van der Waals surface area contributed by atoms with Crippen LogP contribution >= 0.6 is 0 Å². The van der Waals surface area contributed by atoms with Crippen molar-refractivity contribution >= 4 is 69.8 Å². The smallest absolute Gasteiger partial charge is 0.344 e. The molecule has 2 rings (SSSR count). The lowest BCUT2D eigenvalue weighted by atomic mass is 10.3. The molecule has 0 aromatic heterocycles. The molecule has 21 heteroatoms. The number of benzene rings is 2. The van der Waals surface area contributed by atoms with Gasteiger partial charge in [-0.2, -0.15) is 26.3 Å². The van der Waals surface area contributed by atoms with E-state index in [1.54, 1.807) is 24.3 Å². The van der Waals surface area contributed by atoms with E-state index >= 15 is 0 Å². The van der Waals surface area contributed by atoms with E-state index in [0.29, 0.717) is 0 Å². The van der Waals surface area contributed by atoms with Crippen molar-refractivity contribution in [3.63, 3.8) is 0 Å². The Labute approximate surface area is 305 Å². The quantitative estimate of drug-likeness (QED) is 0.0835. The third-order valence-corrected chi connectivity index (χ3v) is 34.0. The highest BCUT2D eigenvalue weighted by molar-refractivity contribution is 6.95. The highest BCUT2D eigenvalue weighted by Crippen LogP contribution is 2.29. The lowest BCUT2D eigenvalue weighted by Crippen LogP contribution is -2.62. The minimum absolute atomic E-state index is 0.0567. The molecular weight excluding hydrogens is 799 g/mol. The fourth-order valence-corrected chi connectivity index (χ4v) is 40.3. The Morgan fingerprint density at radius 3 is 0.784 bits per heavy atom. The van der Waals surface area contributed by atoms with E-state index in [9.17, 15) is 26.3 Å². The molecule has 51 heavy (non-hydrogen) atoms. The van der Waals surface area contributed by atoms with Gasteiger partial charge in [0.25, 0.3) is 0 Å². The summed E-state index contributed by atoms with van der Waals surface area (Å²) in [6, 6.07) is 8.49. The van der Waals surface area contributed by atoms with Crippen LogP contribution in [0.25, 0.3) is 0 Å². The SMILES string of the molecule is C[Si](C)(O[Si](C)(C)O[Si](C)(C)O[Si](C)(C)c1ccc(OC(F)=C(F)F)cc1)O[Si](C)(C)O[Si](C)(C)O[Si](C)(C)c1ccc(OC(F)=C(F)F)cc1. The van der Waals surface area contributed by atoms with E-state index in [0.717, 1.165) is 10.4 Å². The molecule has 0 radical (unpaired) electrons. The predicted octanol–water partition coefficient (Wildman–Crippen LogP) is 9.65. The fourth-order valence-electron chi connectivity index (χ4n) is 5.95. The first-order valence-corrected chi connectivity index (χ1v) is 35.9. The maximum atomic E-state index is 13.2. The Kier molecular flexibility index (Phi) is 15.0. The Balaban J connectivity index is 2.07. The third-order valence-electron chi connectivity index (χ3n) is 6.78. The molecular formula is C30H50F6O8Si7. The average Bonchev–Trinajstić information content (AvgIpc) is 2.89. The van der Waals surface area contributed by atoms with Crippen molar-refractivity contribution in [2.24, 2.45) is 0 Å². The van der Waals surface area contributed by atoms with Gasteiger partial charge >= 0.3 is 67.0 Å². The zero-order valence-electron chi connectivity index (χ0n) is 31.7. The molecule has 0 fully saturated rings. The Morgan fingerprint density at radius 2 is 0.569 bits per heavy atom. The number of rotatable bonds is 18. The predicted molar refractivity (Wildman–Crippen MR) is 203 cm³/mol. The largest absolute Gasteiger partial charge is 0.433 e. The molecule has 0 saturated heterocycles. The van der Waals surface area contributed by atoms with E-state index in [-0.39, 0.29) is 11.5 Å². The summed E-state index contributed by atoms with van der Waals surface area (Å²) < 4.78 is 125. The van der Waals surface area contributed by atoms with Crippen LogP contribution in [0.4, 0.5) is 26.3 Å². The van der Waals surface area contributed by atoms with Crippen LogP contribution in [0.2, 0.25) is 91.7 Å². The number of hydrogen-bond acceptors (Lipinski definition) is 8. The maximum absolute atomic E-state index is 13.2. The summed E-state index contributed by atoms with van der Waals surface area (Å²) in [7, 11) is -19.3. The topological polar surface area (TPSA) is 73.8 Å². The maximum Gasteiger partial charge on any atom is 0.344 e. The van der Waals surface area contributed by atoms with Gasteiger partial charge in [-0.3, -0.25) is 0 Å². The van der Waals surface area contributed by atoms with Gasteiger partial charge in [-0.1, -0.05) is 24.3 Å².